The topological polar surface area (TPSA) is 54.7 Å². The van der Waals surface area contributed by atoms with Gasteiger partial charge in [-0.25, -0.2) is 4.98 Å². The molecule has 102 valence electrons. The summed E-state index contributed by atoms with van der Waals surface area (Å²) < 4.78 is 0. The number of aromatic amines is 1. The molecule has 1 aliphatic rings. The van der Waals surface area contributed by atoms with E-state index in [9.17, 15) is 0 Å². The van der Waals surface area contributed by atoms with Gasteiger partial charge in [-0.1, -0.05) is 26.3 Å². The van der Waals surface area contributed by atoms with Crippen molar-refractivity contribution < 1.29 is 0 Å². The molecule has 0 aliphatic heterocycles. The Labute approximate surface area is 114 Å². The number of benzene rings is 1. The second-order valence-electron chi connectivity index (χ2n) is 6.11. The molecule has 19 heavy (non-hydrogen) atoms. The highest BCUT2D eigenvalue weighted by Crippen LogP contribution is 2.36. The maximum atomic E-state index is 5.91. The van der Waals surface area contributed by atoms with Gasteiger partial charge in [0.25, 0.3) is 0 Å². The number of nitrogens with two attached hydrogens (primary N) is 1. The van der Waals surface area contributed by atoms with Crippen molar-refractivity contribution in [2.75, 3.05) is 6.54 Å². The summed E-state index contributed by atoms with van der Waals surface area (Å²) in [5.41, 5.74) is 9.49. The summed E-state index contributed by atoms with van der Waals surface area (Å²) >= 11 is 0. The fraction of sp³-hybridized carbons (Fsp3) is 0.562. The maximum absolute atomic E-state index is 5.91. The predicted molar refractivity (Wildman–Crippen MR) is 79.3 cm³/mol. The summed E-state index contributed by atoms with van der Waals surface area (Å²) in [6.07, 6.45) is 3.91. The van der Waals surface area contributed by atoms with Gasteiger partial charge in [0.15, 0.2) is 0 Å². The van der Waals surface area contributed by atoms with Crippen molar-refractivity contribution in [2.45, 2.75) is 44.9 Å². The number of fused-ring (bicyclic) bond motifs is 1. The summed E-state index contributed by atoms with van der Waals surface area (Å²) in [6, 6.07) is 6.56. The normalized spacial score (nSPS) is 17.9. The predicted octanol–water partition coefficient (Wildman–Crippen LogP) is 3.53. The van der Waals surface area contributed by atoms with Crippen LogP contribution in [0.4, 0.5) is 0 Å². The molecule has 3 nitrogen and oxygen atoms in total. The molecule has 1 heterocycles. The molecular formula is C16H23N3. The maximum Gasteiger partial charge on any atom is 0.110 e. The molecule has 1 fully saturated rings. The number of hydrogen-bond acceptors (Lipinski definition) is 2. The molecule has 0 spiro atoms. The second kappa shape index (κ2) is 4.97. The first kappa shape index (κ1) is 12.7. The van der Waals surface area contributed by atoms with Gasteiger partial charge in [0.05, 0.1) is 11.0 Å². The van der Waals surface area contributed by atoms with Crippen LogP contribution in [0.2, 0.25) is 0 Å². The molecule has 1 aliphatic carbocycles. The minimum Gasteiger partial charge on any atom is -0.342 e. The quantitative estimate of drug-likeness (QED) is 0.880. The zero-order valence-corrected chi connectivity index (χ0v) is 11.8. The van der Waals surface area contributed by atoms with Crippen molar-refractivity contribution in [2.24, 2.45) is 11.7 Å². The summed E-state index contributed by atoms with van der Waals surface area (Å²) in [7, 11) is 0. The van der Waals surface area contributed by atoms with Gasteiger partial charge < -0.3 is 10.7 Å². The third-order valence-electron chi connectivity index (χ3n) is 4.50. The van der Waals surface area contributed by atoms with Crippen molar-refractivity contribution in [3.63, 3.8) is 0 Å². The molecule has 3 N–H and O–H groups in total. The van der Waals surface area contributed by atoms with Crippen molar-refractivity contribution in [1.29, 1.82) is 0 Å². The largest absolute Gasteiger partial charge is 0.342 e. The van der Waals surface area contributed by atoms with Crippen molar-refractivity contribution in [3.05, 3.63) is 29.6 Å². The average Bonchev–Trinajstić information content (AvgIpc) is 2.69. The first-order chi connectivity index (χ1) is 9.19. The van der Waals surface area contributed by atoms with Gasteiger partial charge >= 0.3 is 0 Å². The van der Waals surface area contributed by atoms with Gasteiger partial charge in [-0.05, 0) is 48.9 Å². The Kier molecular flexibility index (Phi) is 3.31. The van der Waals surface area contributed by atoms with E-state index < -0.39 is 0 Å². The van der Waals surface area contributed by atoms with Crippen LogP contribution >= 0.6 is 0 Å². The van der Waals surface area contributed by atoms with Crippen LogP contribution in [-0.4, -0.2) is 16.5 Å². The summed E-state index contributed by atoms with van der Waals surface area (Å²) in [5, 5.41) is 0. The van der Waals surface area contributed by atoms with Crippen molar-refractivity contribution >= 4 is 11.0 Å². The van der Waals surface area contributed by atoms with E-state index in [0.29, 0.717) is 24.3 Å². The molecule has 3 heteroatoms. The molecular weight excluding hydrogens is 234 g/mol. The second-order valence-corrected chi connectivity index (χ2v) is 6.11. The standard InChI is InChI=1S/C16H23N3/c1-10(2)13(9-17)12-6-7-14-15(8-12)19-16(18-14)11-4-3-5-11/h6-8,10-11,13H,3-5,9,17H2,1-2H3,(H,18,19). The summed E-state index contributed by atoms with van der Waals surface area (Å²) in [5.74, 6) is 2.83. The number of nitrogens with one attached hydrogen (secondary N) is 1. The monoisotopic (exact) mass is 257 g/mol. The van der Waals surface area contributed by atoms with Gasteiger partial charge in [-0.2, -0.15) is 0 Å². The molecule has 1 aromatic carbocycles. The first-order valence-corrected chi connectivity index (χ1v) is 7.38. The van der Waals surface area contributed by atoms with Crippen LogP contribution in [0.3, 0.4) is 0 Å². The van der Waals surface area contributed by atoms with Gasteiger partial charge in [0.2, 0.25) is 0 Å². The minimum atomic E-state index is 0.430. The van der Waals surface area contributed by atoms with Crippen molar-refractivity contribution in [3.8, 4) is 0 Å². The highest BCUT2D eigenvalue weighted by Gasteiger charge is 2.23. The molecule has 0 amide bonds. The molecule has 0 radical (unpaired) electrons. The lowest BCUT2D eigenvalue weighted by Gasteiger charge is -2.22. The van der Waals surface area contributed by atoms with Crippen LogP contribution in [0, 0.1) is 5.92 Å². The van der Waals surface area contributed by atoms with E-state index in [1.165, 1.54) is 36.2 Å². The average molecular weight is 257 g/mol. The Morgan fingerprint density at radius 1 is 1.37 bits per heavy atom. The zero-order valence-electron chi connectivity index (χ0n) is 11.8. The number of hydrogen-bond donors (Lipinski definition) is 2. The highest BCUT2D eigenvalue weighted by molar-refractivity contribution is 5.76. The number of H-pyrrole nitrogens is 1. The van der Waals surface area contributed by atoms with Gasteiger partial charge in [0, 0.05) is 5.92 Å². The number of rotatable bonds is 4. The lowest BCUT2D eigenvalue weighted by molar-refractivity contribution is 0.405. The van der Waals surface area contributed by atoms with E-state index >= 15 is 0 Å². The lowest BCUT2D eigenvalue weighted by Crippen LogP contribution is -2.17. The number of nitrogens with zero attached hydrogens (tertiary/aromatic N) is 1. The Balaban J connectivity index is 1.95. The smallest absolute Gasteiger partial charge is 0.110 e. The van der Waals surface area contributed by atoms with Crippen LogP contribution in [0.15, 0.2) is 18.2 Å². The van der Waals surface area contributed by atoms with Gasteiger partial charge in [-0.15, -0.1) is 0 Å². The first-order valence-electron chi connectivity index (χ1n) is 7.38. The SMILES string of the molecule is CC(C)C(CN)c1ccc2nc(C3CCC3)[nH]c2c1. The van der Waals surface area contributed by atoms with Crippen LogP contribution in [0.1, 0.15) is 56.3 Å². The number of imidazole rings is 1. The summed E-state index contributed by atoms with van der Waals surface area (Å²) in [6.45, 7) is 5.16. The highest BCUT2D eigenvalue weighted by atomic mass is 14.9. The Bertz CT molecular complexity index is 566. The number of aromatic nitrogens is 2. The molecule has 1 saturated carbocycles. The molecule has 1 atom stereocenters. The molecule has 1 unspecified atom stereocenters. The van der Waals surface area contributed by atoms with E-state index in [4.69, 9.17) is 10.7 Å². The fourth-order valence-electron chi connectivity index (χ4n) is 2.95. The van der Waals surface area contributed by atoms with Crippen LogP contribution in [-0.2, 0) is 0 Å². The van der Waals surface area contributed by atoms with Gasteiger partial charge in [0.1, 0.15) is 5.82 Å². The van der Waals surface area contributed by atoms with Crippen molar-refractivity contribution in [1.82, 2.24) is 9.97 Å². The van der Waals surface area contributed by atoms with Crippen LogP contribution < -0.4 is 5.73 Å². The van der Waals surface area contributed by atoms with E-state index in [1.807, 2.05) is 0 Å². The Morgan fingerprint density at radius 3 is 2.74 bits per heavy atom. The molecule has 2 aromatic rings. The van der Waals surface area contributed by atoms with E-state index in [-0.39, 0.29) is 0 Å². The third-order valence-corrected chi connectivity index (χ3v) is 4.50. The van der Waals surface area contributed by atoms with E-state index in [0.717, 1.165) is 5.52 Å². The van der Waals surface area contributed by atoms with Gasteiger partial charge in [-0.3, -0.25) is 0 Å². The minimum absolute atomic E-state index is 0.430. The Hall–Kier alpha value is -1.35. The lowest BCUT2D eigenvalue weighted by atomic mass is 9.85. The van der Waals surface area contributed by atoms with Crippen LogP contribution in [0.25, 0.3) is 11.0 Å². The third kappa shape index (κ3) is 2.27. The molecule has 3 rings (SSSR count). The Morgan fingerprint density at radius 2 is 2.16 bits per heavy atom. The van der Waals surface area contributed by atoms with E-state index in [1.54, 1.807) is 0 Å². The fourth-order valence-corrected chi connectivity index (χ4v) is 2.95. The zero-order chi connectivity index (χ0) is 13.4. The molecule has 0 saturated heterocycles. The van der Waals surface area contributed by atoms with E-state index in [2.05, 4.69) is 37.0 Å². The summed E-state index contributed by atoms with van der Waals surface area (Å²) in [4.78, 5) is 8.22. The molecule has 1 aromatic heterocycles. The van der Waals surface area contributed by atoms with Crippen LogP contribution in [0.5, 0.6) is 0 Å². The molecule has 0 bridgehead atoms.